The second-order valence-electron chi connectivity index (χ2n) is 6.09. The van der Waals surface area contributed by atoms with Crippen LogP contribution in [0.2, 0.25) is 0 Å². The minimum atomic E-state index is -0.976. The molecule has 0 bridgehead atoms. The van der Waals surface area contributed by atoms with Crippen molar-refractivity contribution in [2.75, 3.05) is 13.2 Å². The van der Waals surface area contributed by atoms with E-state index in [9.17, 15) is 14.7 Å². The Kier molecular flexibility index (Phi) is 7.17. The van der Waals surface area contributed by atoms with Crippen molar-refractivity contribution in [1.29, 1.82) is 0 Å². The van der Waals surface area contributed by atoms with E-state index in [2.05, 4.69) is 5.32 Å². The maximum absolute atomic E-state index is 11.9. The van der Waals surface area contributed by atoms with Gasteiger partial charge in [0.25, 0.3) is 0 Å². The van der Waals surface area contributed by atoms with Crippen LogP contribution < -0.4 is 10.1 Å². The molecule has 6 heteroatoms. The summed E-state index contributed by atoms with van der Waals surface area (Å²) in [6.45, 7) is 2.17. The average molecular weight is 357 g/mol. The number of aryl methyl sites for hydroxylation is 2. The molecule has 1 amide bonds. The second kappa shape index (κ2) is 9.58. The highest BCUT2D eigenvalue weighted by Gasteiger charge is 2.09. The first-order valence-corrected chi connectivity index (χ1v) is 8.40. The van der Waals surface area contributed by atoms with Crippen LogP contribution in [0.5, 0.6) is 5.75 Å². The number of hydrogen-bond acceptors (Lipinski definition) is 4. The highest BCUT2D eigenvalue weighted by Crippen LogP contribution is 2.12. The fraction of sp³-hybridized carbons (Fsp3) is 0.300. The first-order valence-electron chi connectivity index (χ1n) is 8.40. The molecule has 0 heterocycles. The summed E-state index contributed by atoms with van der Waals surface area (Å²) in [5.41, 5.74) is 2.17. The van der Waals surface area contributed by atoms with Gasteiger partial charge in [-0.15, -0.1) is 0 Å². The lowest BCUT2D eigenvalue weighted by molar-refractivity contribution is -0.121. The van der Waals surface area contributed by atoms with Crippen LogP contribution in [-0.2, 0) is 11.2 Å². The van der Waals surface area contributed by atoms with E-state index in [1.807, 2.05) is 31.2 Å². The molecule has 26 heavy (non-hydrogen) atoms. The Bertz CT molecular complexity index is 742. The van der Waals surface area contributed by atoms with E-state index in [4.69, 9.17) is 9.84 Å². The highest BCUT2D eigenvalue weighted by atomic mass is 16.5. The third kappa shape index (κ3) is 6.57. The highest BCUT2D eigenvalue weighted by molar-refractivity contribution is 5.87. The number of ether oxygens (including phenoxy) is 1. The van der Waals surface area contributed by atoms with Crippen molar-refractivity contribution in [2.24, 2.45) is 0 Å². The smallest absolute Gasteiger partial charge is 0.335 e. The molecule has 0 aliphatic rings. The van der Waals surface area contributed by atoms with Crippen molar-refractivity contribution < 1.29 is 24.5 Å². The normalized spacial score (nSPS) is 11.6. The molecule has 0 aromatic heterocycles. The molecule has 1 unspecified atom stereocenters. The van der Waals surface area contributed by atoms with Crippen LogP contribution in [0.4, 0.5) is 0 Å². The van der Waals surface area contributed by atoms with Gasteiger partial charge in [0.1, 0.15) is 18.5 Å². The van der Waals surface area contributed by atoms with E-state index in [-0.39, 0.29) is 31.0 Å². The van der Waals surface area contributed by atoms with Crippen LogP contribution in [0.3, 0.4) is 0 Å². The molecule has 2 aromatic carbocycles. The number of carbonyl (C=O) groups is 2. The number of aliphatic hydroxyl groups is 1. The van der Waals surface area contributed by atoms with Crippen LogP contribution in [0, 0.1) is 6.92 Å². The van der Waals surface area contributed by atoms with Gasteiger partial charge in [0.15, 0.2) is 0 Å². The van der Waals surface area contributed by atoms with Crippen molar-refractivity contribution in [3.63, 3.8) is 0 Å². The first kappa shape index (κ1) is 19.5. The lowest BCUT2D eigenvalue weighted by Crippen LogP contribution is -2.35. The third-order valence-electron chi connectivity index (χ3n) is 3.81. The first-order chi connectivity index (χ1) is 12.4. The molecule has 0 fully saturated rings. The predicted octanol–water partition coefficient (Wildman–Crippen LogP) is 2.18. The molecule has 2 rings (SSSR count). The zero-order valence-corrected chi connectivity index (χ0v) is 14.6. The van der Waals surface area contributed by atoms with Gasteiger partial charge in [0, 0.05) is 13.0 Å². The van der Waals surface area contributed by atoms with Gasteiger partial charge < -0.3 is 20.3 Å². The molecule has 138 valence electrons. The van der Waals surface area contributed by atoms with E-state index in [0.717, 1.165) is 11.1 Å². The Hall–Kier alpha value is -2.86. The summed E-state index contributed by atoms with van der Waals surface area (Å²) in [6.07, 6.45) is -0.0335. The van der Waals surface area contributed by atoms with Crippen LogP contribution in [0.1, 0.15) is 27.9 Å². The number of nitrogens with one attached hydrogen (secondary N) is 1. The number of carbonyl (C=O) groups excluding carboxylic acids is 1. The molecular formula is C20H23NO5. The fourth-order valence-corrected chi connectivity index (χ4v) is 2.35. The van der Waals surface area contributed by atoms with Gasteiger partial charge in [-0.2, -0.15) is 0 Å². The minimum absolute atomic E-state index is 0.0976. The van der Waals surface area contributed by atoms with Gasteiger partial charge in [-0.05, 0) is 48.7 Å². The maximum atomic E-state index is 11.9. The van der Waals surface area contributed by atoms with E-state index >= 15 is 0 Å². The van der Waals surface area contributed by atoms with Gasteiger partial charge >= 0.3 is 5.97 Å². The molecule has 0 radical (unpaired) electrons. The Balaban J connectivity index is 1.66. The van der Waals surface area contributed by atoms with Crippen molar-refractivity contribution in [2.45, 2.75) is 25.9 Å². The van der Waals surface area contributed by atoms with Crippen LogP contribution in [0.25, 0.3) is 0 Å². The number of aromatic carboxylic acids is 1. The topological polar surface area (TPSA) is 95.9 Å². The Labute approximate surface area is 152 Å². The van der Waals surface area contributed by atoms with Crippen LogP contribution >= 0.6 is 0 Å². The number of benzene rings is 2. The quantitative estimate of drug-likeness (QED) is 0.639. The summed E-state index contributed by atoms with van der Waals surface area (Å²) in [7, 11) is 0. The molecule has 1 atom stereocenters. The molecule has 0 saturated heterocycles. The number of aliphatic hydroxyl groups excluding tert-OH is 1. The number of rotatable bonds is 9. The molecular weight excluding hydrogens is 334 g/mol. The lowest BCUT2D eigenvalue weighted by atomic mass is 10.1. The largest absolute Gasteiger partial charge is 0.491 e. The van der Waals surface area contributed by atoms with Gasteiger partial charge in [0.05, 0.1) is 5.56 Å². The molecule has 0 spiro atoms. The van der Waals surface area contributed by atoms with Crippen LogP contribution in [0.15, 0.2) is 48.5 Å². The van der Waals surface area contributed by atoms with Crippen molar-refractivity contribution >= 4 is 11.9 Å². The van der Waals surface area contributed by atoms with Crippen molar-refractivity contribution in [3.05, 3.63) is 65.2 Å². The molecule has 3 N–H and O–H groups in total. The molecule has 0 saturated carbocycles. The monoisotopic (exact) mass is 357 g/mol. The zero-order valence-electron chi connectivity index (χ0n) is 14.6. The fourth-order valence-electron chi connectivity index (χ4n) is 2.35. The Morgan fingerprint density at radius 3 is 2.54 bits per heavy atom. The summed E-state index contributed by atoms with van der Waals surface area (Å²) >= 11 is 0. The predicted molar refractivity (Wildman–Crippen MR) is 97.4 cm³/mol. The summed E-state index contributed by atoms with van der Waals surface area (Å²) in [6, 6.07) is 13.9. The molecule has 2 aromatic rings. The summed E-state index contributed by atoms with van der Waals surface area (Å²) in [4.78, 5) is 22.6. The number of amides is 1. The van der Waals surface area contributed by atoms with E-state index in [1.54, 1.807) is 12.1 Å². The van der Waals surface area contributed by atoms with Gasteiger partial charge in [-0.25, -0.2) is 4.79 Å². The molecule has 6 nitrogen and oxygen atoms in total. The minimum Gasteiger partial charge on any atom is -0.491 e. The Morgan fingerprint density at radius 2 is 1.88 bits per heavy atom. The Morgan fingerprint density at radius 1 is 1.15 bits per heavy atom. The molecule has 0 aliphatic carbocycles. The summed E-state index contributed by atoms with van der Waals surface area (Å²) in [5, 5.41) is 21.4. The number of carboxylic acids is 1. The van der Waals surface area contributed by atoms with Crippen molar-refractivity contribution in [1.82, 2.24) is 5.32 Å². The van der Waals surface area contributed by atoms with Gasteiger partial charge in [-0.1, -0.05) is 24.3 Å². The standard InChI is InChI=1S/C20H23NO5/c1-14-3-2-4-18(11-14)26-13-17(22)12-21-19(23)10-7-15-5-8-16(9-6-15)20(24)25/h2-6,8-9,11,17,22H,7,10,12-13H2,1H3,(H,21,23)(H,24,25). The lowest BCUT2D eigenvalue weighted by Gasteiger charge is -2.13. The van der Waals surface area contributed by atoms with E-state index in [1.165, 1.54) is 12.1 Å². The van der Waals surface area contributed by atoms with E-state index < -0.39 is 12.1 Å². The maximum Gasteiger partial charge on any atom is 0.335 e. The van der Waals surface area contributed by atoms with Crippen LogP contribution in [-0.4, -0.2) is 41.3 Å². The third-order valence-corrected chi connectivity index (χ3v) is 3.81. The van der Waals surface area contributed by atoms with E-state index in [0.29, 0.717) is 12.2 Å². The SMILES string of the molecule is Cc1cccc(OCC(O)CNC(=O)CCc2ccc(C(=O)O)cc2)c1. The molecule has 0 aliphatic heterocycles. The zero-order chi connectivity index (χ0) is 18.9. The van der Waals surface area contributed by atoms with Gasteiger partial charge in [0.2, 0.25) is 5.91 Å². The second-order valence-corrected chi connectivity index (χ2v) is 6.09. The average Bonchev–Trinajstić information content (AvgIpc) is 2.63. The summed E-state index contributed by atoms with van der Waals surface area (Å²) in [5.74, 6) is -0.474. The summed E-state index contributed by atoms with van der Waals surface area (Å²) < 4.78 is 5.49. The van der Waals surface area contributed by atoms with Gasteiger partial charge in [-0.3, -0.25) is 4.79 Å². The number of hydrogen-bond donors (Lipinski definition) is 3. The number of carboxylic acid groups (broad SMARTS) is 1. The van der Waals surface area contributed by atoms with Crippen molar-refractivity contribution in [3.8, 4) is 5.75 Å².